The minimum absolute atomic E-state index is 0. The van der Waals surface area contributed by atoms with Crippen molar-refractivity contribution in [2.45, 2.75) is 0 Å². The summed E-state index contributed by atoms with van der Waals surface area (Å²) in [5, 5.41) is 0. The molecule has 0 saturated heterocycles. The Morgan fingerprint density at radius 1 is 0.833 bits per heavy atom. The number of rotatable bonds is 0. The Bertz CT molecular complexity index is 13.5. The quantitative estimate of drug-likeness (QED) is 0.322. The van der Waals surface area contributed by atoms with E-state index < -0.39 is 8.60 Å². The number of hydrogen-bond donors (Lipinski definition) is 0. The third kappa shape index (κ3) is 47.6. The Morgan fingerprint density at radius 3 is 0.833 bits per heavy atom. The molecule has 0 atom stereocenters. The largest absolute Gasteiger partial charge is 2.00 e. The molecular formula is O3PZn2+. The molecule has 0 aromatic carbocycles. The molecule has 0 aromatic rings. The van der Waals surface area contributed by atoms with Crippen molar-refractivity contribution in [3.8, 4) is 0 Å². The molecule has 0 N–H and O–H groups in total. The maximum absolute atomic E-state index is 8.48. The van der Waals surface area contributed by atoms with Gasteiger partial charge in [0.25, 0.3) is 0 Å². The van der Waals surface area contributed by atoms with E-state index >= 15 is 0 Å². The van der Waals surface area contributed by atoms with Gasteiger partial charge in [0.1, 0.15) is 0 Å². The summed E-state index contributed by atoms with van der Waals surface area (Å²) in [5.41, 5.74) is 0. The first-order valence-corrected chi connectivity index (χ1v) is 1.64. The van der Waals surface area contributed by atoms with Crippen LogP contribution in [0.5, 0.6) is 0 Å². The van der Waals surface area contributed by atoms with Crippen LogP contribution in [0.4, 0.5) is 0 Å². The van der Waals surface area contributed by atoms with Crippen LogP contribution in [0.3, 0.4) is 0 Å². The summed E-state index contributed by atoms with van der Waals surface area (Å²) in [6.45, 7) is 0. The summed E-state index contributed by atoms with van der Waals surface area (Å²) in [7, 11) is -3.37. The van der Waals surface area contributed by atoms with Gasteiger partial charge in [-0.15, -0.1) is 0 Å². The second-order valence-electron chi connectivity index (χ2n) is 0.224. The molecule has 0 amide bonds. The zero-order chi connectivity index (χ0) is 3.58. The minimum atomic E-state index is -3.37. The van der Waals surface area contributed by atoms with E-state index in [-0.39, 0.29) is 39.0 Å². The Balaban J connectivity index is -0.0000000450. The molecule has 0 spiro atoms. The van der Waals surface area contributed by atoms with E-state index in [0.29, 0.717) is 0 Å². The topological polar surface area (TPSA) is 69.2 Å². The van der Waals surface area contributed by atoms with Crippen LogP contribution >= 0.6 is 8.60 Å². The van der Waals surface area contributed by atoms with Gasteiger partial charge in [0.05, 0.1) is 0 Å². The molecule has 3 nitrogen and oxygen atoms in total. The van der Waals surface area contributed by atoms with Crippen molar-refractivity contribution < 1.29 is 53.6 Å². The van der Waals surface area contributed by atoms with Crippen LogP contribution in [-0.4, -0.2) is 0 Å². The van der Waals surface area contributed by atoms with Crippen LogP contribution in [0.2, 0.25) is 0 Å². The average Bonchev–Trinajstić information content (AvgIpc) is 0.811. The van der Waals surface area contributed by atoms with Crippen molar-refractivity contribution >= 4 is 8.60 Å². The molecule has 0 aliphatic rings. The Morgan fingerprint density at radius 2 is 0.833 bits per heavy atom. The van der Waals surface area contributed by atoms with Crippen LogP contribution in [0.15, 0.2) is 0 Å². The van der Waals surface area contributed by atoms with Crippen LogP contribution in [0.25, 0.3) is 0 Å². The molecular weight excluding hydrogens is 210 g/mol. The van der Waals surface area contributed by atoms with E-state index in [4.69, 9.17) is 14.7 Å². The Labute approximate surface area is 62.3 Å². The summed E-state index contributed by atoms with van der Waals surface area (Å²) in [5.74, 6) is 0. The zero-order valence-electron chi connectivity index (χ0n) is 3.09. The van der Waals surface area contributed by atoms with Crippen molar-refractivity contribution in [2.75, 3.05) is 0 Å². The predicted molar refractivity (Wildman–Crippen MR) is 6.92 cm³/mol. The van der Waals surface area contributed by atoms with Gasteiger partial charge in [-0.3, -0.25) is 0 Å². The van der Waals surface area contributed by atoms with Crippen LogP contribution in [-0.2, 0) is 39.0 Å². The van der Waals surface area contributed by atoms with Crippen molar-refractivity contribution in [3.05, 3.63) is 0 Å². The van der Waals surface area contributed by atoms with E-state index in [2.05, 4.69) is 0 Å². The van der Waals surface area contributed by atoms with E-state index in [1.165, 1.54) is 0 Å². The van der Waals surface area contributed by atoms with Gasteiger partial charge in [0.15, 0.2) is 0 Å². The molecule has 0 aromatic heterocycles. The Kier molecular flexibility index (Phi) is 25.4. The van der Waals surface area contributed by atoms with Crippen molar-refractivity contribution in [1.82, 2.24) is 0 Å². The third-order valence-corrected chi connectivity index (χ3v) is 0. The SMILES string of the molecule is [O-]P([O-])[O-].[Zn+2].[Zn+2]. The molecule has 0 rings (SSSR count). The molecule has 0 fully saturated rings. The van der Waals surface area contributed by atoms with Crippen LogP contribution in [0, 0.1) is 0 Å². The molecule has 0 unspecified atom stereocenters. The first-order valence-electron chi connectivity index (χ1n) is 0.548. The van der Waals surface area contributed by atoms with Gasteiger partial charge in [-0.1, -0.05) is 0 Å². The van der Waals surface area contributed by atoms with Gasteiger partial charge in [-0.05, 0) is 0 Å². The smallest absolute Gasteiger partial charge is 0.854 e. The normalized spacial score (nSPS) is 6.00. The molecule has 6 heteroatoms. The van der Waals surface area contributed by atoms with Crippen molar-refractivity contribution in [1.29, 1.82) is 0 Å². The van der Waals surface area contributed by atoms with Gasteiger partial charge in [0, 0.05) is 0 Å². The summed E-state index contributed by atoms with van der Waals surface area (Å²) in [6.07, 6.45) is 0. The molecule has 26 valence electrons. The van der Waals surface area contributed by atoms with Gasteiger partial charge in [0.2, 0.25) is 0 Å². The fourth-order valence-corrected chi connectivity index (χ4v) is 0. The molecule has 0 saturated carbocycles. The summed E-state index contributed by atoms with van der Waals surface area (Å²) >= 11 is 0. The Hall–Kier alpha value is 1.56. The first kappa shape index (κ1) is 15.6. The predicted octanol–water partition coefficient (Wildman–Crippen LogP) is -2.71. The maximum Gasteiger partial charge on any atom is 2.00 e. The van der Waals surface area contributed by atoms with E-state index in [9.17, 15) is 0 Å². The van der Waals surface area contributed by atoms with Crippen molar-refractivity contribution in [3.63, 3.8) is 0 Å². The maximum atomic E-state index is 8.48. The van der Waals surface area contributed by atoms with Gasteiger partial charge in [-0.2, -0.15) is 0 Å². The summed E-state index contributed by atoms with van der Waals surface area (Å²) in [6, 6.07) is 0. The van der Waals surface area contributed by atoms with Crippen molar-refractivity contribution in [2.24, 2.45) is 0 Å². The van der Waals surface area contributed by atoms with Gasteiger partial charge >= 0.3 is 39.0 Å². The summed E-state index contributed by atoms with van der Waals surface area (Å²) in [4.78, 5) is 25.4. The molecule has 0 aliphatic heterocycles. The number of hydrogen-bond acceptors (Lipinski definition) is 3. The fourth-order valence-electron chi connectivity index (χ4n) is 0. The van der Waals surface area contributed by atoms with E-state index in [1.807, 2.05) is 0 Å². The monoisotopic (exact) mass is 207 g/mol. The van der Waals surface area contributed by atoms with E-state index in [0.717, 1.165) is 0 Å². The van der Waals surface area contributed by atoms with Crippen LogP contribution < -0.4 is 14.7 Å². The second kappa shape index (κ2) is 9.75. The van der Waals surface area contributed by atoms with Gasteiger partial charge < -0.3 is 23.3 Å². The minimum Gasteiger partial charge on any atom is -0.854 e. The first-order chi connectivity index (χ1) is 1.73. The molecule has 0 bridgehead atoms. The summed E-state index contributed by atoms with van der Waals surface area (Å²) < 4.78 is 0. The van der Waals surface area contributed by atoms with Crippen LogP contribution in [0.1, 0.15) is 0 Å². The zero-order valence-corrected chi connectivity index (χ0v) is 9.91. The van der Waals surface area contributed by atoms with Gasteiger partial charge in [-0.25, -0.2) is 0 Å². The standard InChI is InChI=1S/O3P.2Zn/c1-4(2)3;;/q-3;2*+2. The molecule has 0 heterocycles. The molecule has 6 heavy (non-hydrogen) atoms. The fraction of sp³-hybridized carbons (Fsp3) is 0. The third-order valence-electron chi connectivity index (χ3n) is 0. The van der Waals surface area contributed by atoms with E-state index in [1.54, 1.807) is 0 Å². The average molecular weight is 210 g/mol. The molecule has 0 aliphatic carbocycles. The molecule has 0 radical (unpaired) electrons. The second-order valence-corrected chi connectivity index (χ2v) is 0.671.